The van der Waals surface area contributed by atoms with Crippen molar-refractivity contribution < 1.29 is 14.3 Å². The summed E-state index contributed by atoms with van der Waals surface area (Å²) in [4.78, 5) is 21.5. The fourth-order valence-electron chi connectivity index (χ4n) is 1.71. The second-order valence-corrected chi connectivity index (χ2v) is 5.53. The van der Waals surface area contributed by atoms with E-state index in [1.807, 2.05) is 13.8 Å². The molecule has 0 aliphatic carbocycles. The Bertz CT molecular complexity index is 251. The summed E-state index contributed by atoms with van der Waals surface area (Å²) in [7, 11) is 0. The molecule has 0 saturated carbocycles. The molecule has 0 spiro atoms. The fraction of sp³-hybridized carbons (Fsp3) is 0.857. The number of nitrogens with one attached hydrogen (secondary N) is 1. The van der Waals surface area contributed by atoms with Crippen LogP contribution >= 0.6 is 0 Å². The minimum absolute atomic E-state index is 0.00780. The van der Waals surface area contributed by atoms with Crippen LogP contribution in [0.15, 0.2) is 0 Å². The van der Waals surface area contributed by atoms with Crippen LogP contribution in [0.1, 0.15) is 53.4 Å². The van der Waals surface area contributed by atoms with Gasteiger partial charge in [0, 0.05) is 26.0 Å². The quantitative estimate of drug-likeness (QED) is 0.456. The minimum Gasteiger partial charge on any atom is -0.378 e. The van der Waals surface area contributed by atoms with Crippen LogP contribution in [-0.2, 0) is 14.3 Å². The van der Waals surface area contributed by atoms with Crippen molar-refractivity contribution in [3.8, 4) is 0 Å². The molecule has 0 radical (unpaired) electrons. The predicted octanol–water partition coefficient (Wildman–Crippen LogP) is 2.31. The zero-order chi connectivity index (χ0) is 14.0. The SMILES string of the molecule is CCC(=O)CC(C)(C)CCOC(C)CCNC=O. The lowest BCUT2D eigenvalue weighted by Gasteiger charge is -2.24. The van der Waals surface area contributed by atoms with E-state index in [2.05, 4.69) is 19.2 Å². The molecule has 0 aliphatic heterocycles. The first kappa shape index (κ1) is 17.1. The van der Waals surface area contributed by atoms with E-state index >= 15 is 0 Å². The molecule has 0 aromatic rings. The van der Waals surface area contributed by atoms with Crippen LogP contribution in [0.4, 0.5) is 0 Å². The van der Waals surface area contributed by atoms with Gasteiger partial charge in [-0.3, -0.25) is 9.59 Å². The molecule has 106 valence electrons. The highest BCUT2D eigenvalue weighted by molar-refractivity contribution is 5.78. The topological polar surface area (TPSA) is 55.4 Å². The molecule has 0 heterocycles. The van der Waals surface area contributed by atoms with Crippen molar-refractivity contribution in [2.24, 2.45) is 5.41 Å². The van der Waals surface area contributed by atoms with Crippen LogP contribution in [-0.4, -0.2) is 31.4 Å². The normalized spacial score (nSPS) is 13.1. The molecule has 0 aliphatic rings. The average Bonchev–Trinajstić information content (AvgIpc) is 2.28. The van der Waals surface area contributed by atoms with Gasteiger partial charge in [0.25, 0.3) is 0 Å². The van der Waals surface area contributed by atoms with Crippen molar-refractivity contribution in [2.75, 3.05) is 13.2 Å². The molecule has 0 bridgehead atoms. The summed E-state index contributed by atoms with van der Waals surface area (Å²) >= 11 is 0. The summed E-state index contributed by atoms with van der Waals surface area (Å²) in [6.45, 7) is 9.40. The molecule has 0 aromatic heterocycles. The molecule has 18 heavy (non-hydrogen) atoms. The van der Waals surface area contributed by atoms with Gasteiger partial charge in [0.2, 0.25) is 6.41 Å². The van der Waals surface area contributed by atoms with E-state index < -0.39 is 0 Å². The number of rotatable bonds is 11. The van der Waals surface area contributed by atoms with Crippen LogP contribution in [0.5, 0.6) is 0 Å². The van der Waals surface area contributed by atoms with Gasteiger partial charge in [0.1, 0.15) is 5.78 Å². The summed E-state index contributed by atoms with van der Waals surface area (Å²) in [5.74, 6) is 0.309. The summed E-state index contributed by atoms with van der Waals surface area (Å²) in [6, 6.07) is 0. The average molecular weight is 257 g/mol. The molecular weight excluding hydrogens is 230 g/mol. The smallest absolute Gasteiger partial charge is 0.207 e. The Hall–Kier alpha value is -0.900. The molecule has 0 saturated heterocycles. The predicted molar refractivity (Wildman–Crippen MR) is 72.4 cm³/mol. The summed E-state index contributed by atoms with van der Waals surface area (Å²) in [5, 5.41) is 2.61. The number of carbonyl (C=O) groups excluding carboxylic acids is 2. The largest absolute Gasteiger partial charge is 0.378 e. The second kappa shape index (κ2) is 9.09. The van der Waals surface area contributed by atoms with Crippen LogP contribution in [0.2, 0.25) is 0 Å². The van der Waals surface area contributed by atoms with Crippen molar-refractivity contribution in [3.05, 3.63) is 0 Å². The van der Waals surface area contributed by atoms with Crippen molar-refractivity contribution in [3.63, 3.8) is 0 Å². The van der Waals surface area contributed by atoms with E-state index in [-0.39, 0.29) is 11.5 Å². The second-order valence-electron chi connectivity index (χ2n) is 5.53. The van der Waals surface area contributed by atoms with Crippen molar-refractivity contribution >= 4 is 12.2 Å². The molecule has 1 atom stereocenters. The van der Waals surface area contributed by atoms with E-state index in [9.17, 15) is 9.59 Å². The molecule has 4 nitrogen and oxygen atoms in total. The highest BCUT2D eigenvalue weighted by Crippen LogP contribution is 2.26. The first-order valence-corrected chi connectivity index (χ1v) is 6.71. The van der Waals surface area contributed by atoms with Crippen LogP contribution in [0.25, 0.3) is 0 Å². The number of amides is 1. The Morgan fingerprint density at radius 1 is 1.44 bits per heavy atom. The molecule has 1 amide bonds. The lowest BCUT2D eigenvalue weighted by molar-refractivity contribution is -0.121. The molecule has 4 heteroatoms. The van der Waals surface area contributed by atoms with E-state index in [1.165, 1.54) is 0 Å². The summed E-state index contributed by atoms with van der Waals surface area (Å²) in [6.07, 6.45) is 3.75. The van der Waals surface area contributed by atoms with E-state index in [0.717, 1.165) is 12.8 Å². The number of hydrogen-bond donors (Lipinski definition) is 1. The maximum Gasteiger partial charge on any atom is 0.207 e. The lowest BCUT2D eigenvalue weighted by atomic mass is 9.84. The zero-order valence-corrected chi connectivity index (χ0v) is 12.1. The summed E-state index contributed by atoms with van der Waals surface area (Å²) < 4.78 is 5.67. The van der Waals surface area contributed by atoms with E-state index in [4.69, 9.17) is 4.74 Å². The molecule has 0 fully saturated rings. The van der Waals surface area contributed by atoms with Gasteiger partial charge >= 0.3 is 0 Å². The number of carbonyl (C=O) groups is 2. The zero-order valence-electron chi connectivity index (χ0n) is 12.1. The van der Waals surface area contributed by atoms with E-state index in [1.54, 1.807) is 0 Å². The highest BCUT2D eigenvalue weighted by atomic mass is 16.5. The maximum atomic E-state index is 11.4. The minimum atomic E-state index is 0.00780. The van der Waals surface area contributed by atoms with Crippen molar-refractivity contribution in [1.29, 1.82) is 0 Å². The van der Waals surface area contributed by atoms with Gasteiger partial charge in [-0.1, -0.05) is 20.8 Å². The molecule has 0 rings (SSSR count). The van der Waals surface area contributed by atoms with Gasteiger partial charge in [0.15, 0.2) is 0 Å². The van der Waals surface area contributed by atoms with Crippen LogP contribution < -0.4 is 5.32 Å². The fourth-order valence-corrected chi connectivity index (χ4v) is 1.71. The first-order chi connectivity index (χ1) is 8.41. The number of ketones is 1. The Balaban J connectivity index is 3.74. The van der Waals surface area contributed by atoms with Crippen LogP contribution in [0, 0.1) is 5.41 Å². The Morgan fingerprint density at radius 2 is 2.11 bits per heavy atom. The van der Waals surface area contributed by atoms with Gasteiger partial charge in [-0.05, 0) is 25.2 Å². The van der Waals surface area contributed by atoms with Gasteiger partial charge < -0.3 is 10.1 Å². The standard InChI is InChI=1S/C14H27NO3/c1-5-13(17)10-14(3,4)7-9-18-12(2)6-8-15-11-16/h11-12H,5-10H2,1-4H3,(H,15,16). The summed E-state index contributed by atoms with van der Waals surface area (Å²) in [5.41, 5.74) is 0.00780. The van der Waals surface area contributed by atoms with E-state index in [0.29, 0.717) is 38.2 Å². The third-order valence-electron chi connectivity index (χ3n) is 3.03. The monoisotopic (exact) mass is 257 g/mol. The van der Waals surface area contributed by atoms with Gasteiger partial charge in [-0.15, -0.1) is 0 Å². The molecular formula is C14H27NO3. The highest BCUT2D eigenvalue weighted by Gasteiger charge is 2.21. The Kier molecular flexibility index (Phi) is 8.63. The maximum absolute atomic E-state index is 11.4. The number of hydrogen-bond acceptors (Lipinski definition) is 3. The Labute approximate surface area is 110 Å². The Morgan fingerprint density at radius 3 is 2.67 bits per heavy atom. The van der Waals surface area contributed by atoms with Gasteiger partial charge in [0.05, 0.1) is 6.10 Å². The number of ether oxygens (including phenoxy) is 1. The molecule has 1 N–H and O–H groups in total. The third kappa shape index (κ3) is 9.16. The van der Waals surface area contributed by atoms with Gasteiger partial charge in [-0.25, -0.2) is 0 Å². The molecule has 1 unspecified atom stereocenters. The number of Topliss-reactive ketones (excluding diaryl/α,β-unsaturated/α-hetero) is 1. The molecule has 0 aromatic carbocycles. The van der Waals surface area contributed by atoms with Gasteiger partial charge in [-0.2, -0.15) is 0 Å². The van der Waals surface area contributed by atoms with Crippen molar-refractivity contribution in [1.82, 2.24) is 5.32 Å². The van der Waals surface area contributed by atoms with Crippen LogP contribution in [0.3, 0.4) is 0 Å². The third-order valence-corrected chi connectivity index (χ3v) is 3.03. The lowest BCUT2D eigenvalue weighted by Crippen LogP contribution is -2.23. The first-order valence-electron chi connectivity index (χ1n) is 6.71. The van der Waals surface area contributed by atoms with Crippen molar-refractivity contribution in [2.45, 2.75) is 59.5 Å².